The molecule has 2 fully saturated rings. The van der Waals surface area contributed by atoms with Gasteiger partial charge in [0.2, 0.25) is 0 Å². The lowest BCUT2D eigenvalue weighted by Crippen LogP contribution is -2.80. The number of carbonyl (C=O) groups is 1. The van der Waals surface area contributed by atoms with Gasteiger partial charge in [0, 0.05) is 59.1 Å². The average molecular weight is 536 g/mol. The zero-order chi connectivity index (χ0) is 26.8. The van der Waals surface area contributed by atoms with Gasteiger partial charge in [-0.15, -0.1) is 0 Å². The van der Waals surface area contributed by atoms with Crippen LogP contribution in [0.2, 0.25) is 5.02 Å². The van der Waals surface area contributed by atoms with Crippen LogP contribution in [0, 0.1) is 10.8 Å². The van der Waals surface area contributed by atoms with Crippen molar-refractivity contribution in [2.75, 3.05) is 32.8 Å². The maximum atomic E-state index is 11.6. The number of carboxylic acid groups (broad SMARTS) is 1. The largest absolute Gasteiger partial charge is 0.494 e. The van der Waals surface area contributed by atoms with Gasteiger partial charge in [-0.3, -0.25) is 4.90 Å². The van der Waals surface area contributed by atoms with Crippen molar-refractivity contribution in [3.8, 4) is 5.88 Å². The Morgan fingerprint density at radius 3 is 2.74 bits per heavy atom. The lowest BCUT2D eigenvalue weighted by atomic mass is 9.58. The van der Waals surface area contributed by atoms with Crippen molar-refractivity contribution in [1.82, 2.24) is 14.8 Å². The molecule has 4 heterocycles. The SMILES string of the molecule is CC(C)(C)C1N(C(=O)O)CC12CN(CCO/N=C1/C(c3c(O)[nH]c4ccc(Cl)cc34)=Nc3ccccc31)C2. The second-order valence-corrected chi connectivity index (χ2v) is 12.0. The Kier molecular flexibility index (Phi) is 5.70. The summed E-state index contributed by atoms with van der Waals surface area (Å²) in [5.41, 5.74) is 3.85. The number of halogens is 1. The number of oxime groups is 1. The first kappa shape index (κ1) is 24.8. The van der Waals surface area contributed by atoms with Crippen LogP contribution in [0.3, 0.4) is 0 Å². The van der Waals surface area contributed by atoms with E-state index in [9.17, 15) is 15.0 Å². The summed E-state index contributed by atoms with van der Waals surface area (Å²) in [6, 6.07) is 13.1. The molecule has 1 aromatic heterocycles. The molecule has 0 saturated carbocycles. The second-order valence-electron chi connectivity index (χ2n) is 11.5. The summed E-state index contributed by atoms with van der Waals surface area (Å²) in [5, 5.41) is 26.1. The number of aromatic amines is 1. The van der Waals surface area contributed by atoms with Crippen molar-refractivity contribution in [3.05, 3.63) is 58.6 Å². The predicted octanol–water partition coefficient (Wildman–Crippen LogP) is 5.09. The molecule has 3 aromatic rings. The highest BCUT2D eigenvalue weighted by atomic mass is 35.5. The van der Waals surface area contributed by atoms with Gasteiger partial charge in [0.25, 0.3) is 0 Å². The average Bonchev–Trinajstić information content (AvgIpc) is 3.31. The second kappa shape index (κ2) is 8.74. The van der Waals surface area contributed by atoms with E-state index in [0.717, 1.165) is 35.2 Å². The van der Waals surface area contributed by atoms with Gasteiger partial charge in [-0.25, -0.2) is 9.79 Å². The number of hydrogen-bond donors (Lipinski definition) is 3. The van der Waals surface area contributed by atoms with Crippen molar-refractivity contribution in [3.63, 3.8) is 0 Å². The van der Waals surface area contributed by atoms with Crippen molar-refractivity contribution in [1.29, 1.82) is 0 Å². The molecule has 0 bridgehead atoms. The number of nitrogens with one attached hydrogen (secondary N) is 1. The molecule has 3 aliphatic heterocycles. The lowest BCUT2D eigenvalue weighted by Gasteiger charge is -2.68. The molecule has 38 heavy (non-hydrogen) atoms. The number of benzene rings is 2. The molecular weight excluding hydrogens is 506 g/mol. The van der Waals surface area contributed by atoms with Gasteiger partial charge >= 0.3 is 6.09 Å². The zero-order valence-electron chi connectivity index (χ0n) is 21.5. The van der Waals surface area contributed by atoms with Gasteiger partial charge in [-0.2, -0.15) is 0 Å². The fourth-order valence-electron chi connectivity index (χ4n) is 6.58. The molecule has 3 aliphatic rings. The van der Waals surface area contributed by atoms with Crippen molar-refractivity contribution in [2.24, 2.45) is 21.0 Å². The molecule has 10 heteroatoms. The third-order valence-corrected chi connectivity index (χ3v) is 8.00. The Morgan fingerprint density at radius 1 is 1.24 bits per heavy atom. The first-order chi connectivity index (χ1) is 18.1. The summed E-state index contributed by atoms with van der Waals surface area (Å²) in [6.07, 6.45) is -0.842. The van der Waals surface area contributed by atoms with Crippen LogP contribution in [0.25, 0.3) is 10.9 Å². The molecule has 0 aliphatic carbocycles. The van der Waals surface area contributed by atoms with E-state index in [-0.39, 0.29) is 22.8 Å². The lowest BCUT2D eigenvalue weighted by molar-refractivity contribution is -0.185. The van der Waals surface area contributed by atoms with Gasteiger partial charge < -0.3 is 24.9 Å². The standard InChI is InChI=1S/C28H30ClN5O4/c1-27(2,3)25-28(15-34(25)26(36)37)13-33(14-28)10-11-38-32-22-17-6-4-5-7-19(17)30-23(22)21-18-12-16(29)8-9-20(18)31-24(21)35/h4-9,12,25,31,35H,10-11,13-15H2,1-3H3,(H,36,37)/b32-22+. The number of hydrogen-bond acceptors (Lipinski definition) is 6. The summed E-state index contributed by atoms with van der Waals surface area (Å²) in [6.45, 7) is 9.65. The normalized spacial score (nSPS) is 21.4. The summed E-state index contributed by atoms with van der Waals surface area (Å²) in [5.74, 6) is -0.00305. The Balaban J connectivity index is 1.17. The number of amides is 1. The molecular formula is C28H30ClN5O4. The van der Waals surface area contributed by atoms with Crippen LogP contribution in [-0.4, -0.2) is 81.3 Å². The number of aromatic nitrogens is 1. The summed E-state index contributed by atoms with van der Waals surface area (Å²) >= 11 is 6.25. The molecule has 1 amide bonds. The predicted molar refractivity (Wildman–Crippen MR) is 147 cm³/mol. The van der Waals surface area contributed by atoms with Gasteiger partial charge in [-0.05, 0) is 29.7 Å². The van der Waals surface area contributed by atoms with Crippen LogP contribution >= 0.6 is 11.6 Å². The highest BCUT2D eigenvalue weighted by Gasteiger charge is 2.63. The highest BCUT2D eigenvalue weighted by Crippen LogP contribution is 2.52. The molecule has 6 rings (SSSR count). The monoisotopic (exact) mass is 535 g/mol. The number of likely N-dealkylation sites (tertiary alicyclic amines) is 2. The molecule has 9 nitrogen and oxygen atoms in total. The summed E-state index contributed by atoms with van der Waals surface area (Å²) in [7, 11) is 0. The maximum Gasteiger partial charge on any atom is 0.407 e. The Hall–Kier alpha value is -3.56. The van der Waals surface area contributed by atoms with Crippen LogP contribution in [0.15, 0.2) is 52.6 Å². The van der Waals surface area contributed by atoms with Crippen molar-refractivity contribution >= 4 is 45.7 Å². The number of aromatic hydroxyl groups is 1. The minimum atomic E-state index is -0.842. The topological polar surface area (TPSA) is 114 Å². The minimum absolute atomic E-state index is 0.00305. The number of nitrogens with zero attached hydrogens (tertiary/aromatic N) is 4. The molecule has 0 radical (unpaired) electrons. The maximum absolute atomic E-state index is 11.6. The van der Waals surface area contributed by atoms with E-state index >= 15 is 0 Å². The Morgan fingerprint density at radius 2 is 2.00 bits per heavy atom. The highest BCUT2D eigenvalue weighted by molar-refractivity contribution is 6.58. The van der Waals surface area contributed by atoms with E-state index in [1.165, 1.54) is 0 Å². The summed E-state index contributed by atoms with van der Waals surface area (Å²) in [4.78, 5) is 29.1. The van der Waals surface area contributed by atoms with Crippen molar-refractivity contribution in [2.45, 2.75) is 26.8 Å². The third-order valence-electron chi connectivity index (χ3n) is 7.77. The van der Waals surface area contributed by atoms with Crippen LogP contribution in [0.5, 0.6) is 5.88 Å². The molecule has 2 saturated heterocycles. The van der Waals surface area contributed by atoms with Crippen LogP contribution < -0.4 is 0 Å². The van der Waals surface area contributed by atoms with E-state index in [1.54, 1.807) is 17.0 Å². The van der Waals surface area contributed by atoms with Gasteiger partial charge in [0.15, 0.2) is 5.88 Å². The first-order valence-corrected chi connectivity index (χ1v) is 13.1. The van der Waals surface area contributed by atoms with E-state index in [2.05, 4.69) is 35.8 Å². The van der Waals surface area contributed by atoms with Crippen LogP contribution in [0.4, 0.5) is 10.5 Å². The molecule has 1 spiro atoms. The quantitative estimate of drug-likeness (QED) is 0.311. The third kappa shape index (κ3) is 3.92. The van der Waals surface area contributed by atoms with Gasteiger partial charge in [0.1, 0.15) is 18.0 Å². The smallest absolute Gasteiger partial charge is 0.407 e. The number of fused-ring (bicyclic) bond motifs is 2. The molecule has 3 N–H and O–H groups in total. The van der Waals surface area contributed by atoms with E-state index in [0.29, 0.717) is 41.7 Å². The minimum Gasteiger partial charge on any atom is -0.494 e. The molecule has 1 atom stereocenters. The fraction of sp³-hybridized carbons (Fsp3) is 0.393. The van der Waals surface area contributed by atoms with Crippen LogP contribution in [0.1, 0.15) is 31.9 Å². The van der Waals surface area contributed by atoms with Gasteiger partial charge in [0.05, 0.1) is 11.3 Å². The van der Waals surface area contributed by atoms with E-state index in [1.807, 2.05) is 30.3 Å². The number of aliphatic imine (C=N–C) groups is 1. The number of H-pyrrole nitrogens is 1. The van der Waals surface area contributed by atoms with Crippen molar-refractivity contribution < 1.29 is 19.8 Å². The number of rotatable bonds is 5. The van der Waals surface area contributed by atoms with E-state index < -0.39 is 6.09 Å². The molecule has 198 valence electrons. The number of para-hydroxylation sites is 1. The molecule has 2 aromatic carbocycles. The van der Waals surface area contributed by atoms with E-state index in [4.69, 9.17) is 21.4 Å². The Labute approximate surface area is 225 Å². The first-order valence-electron chi connectivity index (χ1n) is 12.7. The zero-order valence-corrected chi connectivity index (χ0v) is 22.3. The summed E-state index contributed by atoms with van der Waals surface area (Å²) < 4.78 is 0. The molecule has 1 unspecified atom stereocenters. The Bertz CT molecular complexity index is 1500. The fourth-order valence-corrected chi connectivity index (χ4v) is 6.76. The van der Waals surface area contributed by atoms with Gasteiger partial charge in [-0.1, -0.05) is 55.7 Å². The van der Waals surface area contributed by atoms with Crippen LogP contribution in [-0.2, 0) is 4.84 Å².